The molecule has 0 saturated heterocycles. The highest BCUT2D eigenvalue weighted by Gasteiger charge is 2.53. The van der Waals surface area contributed by atoms with Gasteiger partial charge in [0.1, 0.15) is 4.87 Å². The Kier molecular flexibility index (Phi) is 2.70. The molecule has 0 bridgehead atoms. The van der Waals surface area contributed by atoms with Crippen LogP contribution in [0.3, 0.4) is 0 Å². The summed E-state index contributed by atoms with van der Waals surface area (Å²) in [6.45, 7) is 1.87. The second kappa shape index (κ2) is 3.69. The molecule has 0 amide bonds. The molecule has 2 unspecified atom stereocenters. The summed E-state index contributed by atoms with van der Waals surface area (Å²) >= 11 is 6.22. The van der Waals surface area contributed by atoms with Gasteiger partial charge in [-0.3, -0.25) is 4.79 Å². The second-order valence-corrected chi connectivity index (χ2v) is 5.39. The van der Waals surface area contributed by atoms with Crippen LogP contribution in [0.1, 0.15) is 45.4 Å². The number of allylic oxidation sites excluding steroid dienone is 2. The normalized spacial score (nSPS) is 42.3. The first-order chi connectivity index (χ1) is 6.64. The van der Waals surface area contributed by atoms with E-state index in [0.717, 1.165) is 18.4 Å². The van der Waals surface area contributed by atoms with Gasteiger partial charge in [-0.2, -0.15) is 0 Å². The van der Waals surface area contributed by atoms with Crippen molar-refractivity contribution in [3.63, 3.8) is 0 Å². The van der Waals surface area contributed by atoms with E-state index in [4.69, 9.17) is 11.6 Å². The lowest BCUT2D eigenvalue weighted by atomic mass is 9.66. The predicted octanol–water partition coefficient (Wildman–Crippen LogP) is 3.46. The molecule has 2 atom stereocenters. The Balaban J connectivity index is 2.16. The number of carbonyl (C=O) groups is 1. The van der Waals surface area contributed by atoms with E-state index in [1.54, 1.807) is 0 Å². The summed E-state index contributed by atoms with van der Waals surface area (Å²) in [4.78, 5) is 11.1. The molecule has 1 fully saturated rings. The molecule has 14 heavy (non-hydrogen) atoms. The van der Waals surface area contributed by atoms with Gasteiger partial charge < -0.3 is 0 Å². The van der Waals surface area contributed by atoms with Crippen molar-refractivity contribution in [2.45, 2.75) is 50.3 Å². The van der Waals surface area contributed by atoms with Crippen molar-refractivity contribution in [3.8, 4) is 0 Å². The average Bonchev–Trinajstić information content (AvgIpc) is 2.27. The highest BCUT2D eigenvalue weighted by atomic mass is 35.5. The number of ketones is 1. The maximum atomic E-state index is 11.7. The van der Waals surface area contributed by atoms with E-state index in [1.807, 2.05) is 6.92 Å². The van der Waals surface area contributed by atoms with E-state index in [1.165, 1.54) is 25.7 Å². The van der Waals surface area contributed by atoms with Gasteiger partial charge in [-0.05, 0) is 31.8 Å². The molecular formula is C12H17ClO. The minimum absolute atomic E-state index is 0.172. The highest BCUT2D eigenvalue weighted by molar-refractivity contribution is 6.42. The van der Waals surface area contributed by atoms with Crippen LogP contribution in [0.25, 0.3) is 0 Å². The monoisotopic (exact) mass is 212 g/mol. The van der Waals surface area contributed by atoms with Gasteiger partial charge in [0.15, 0.2) is 5.78 Å². The molecule has 2 aliphatic carbocycles. The Morgan fingerprint density at radius 1 is 1.36 bits per heavy atom. The molecule has 0 N–H and O–H groups in total. The van der Waals surface area contributed by atoms with Gasteiger partial charge in [-0.25, -0.2) is 0 Å². The fourth-order valence-corrected chi connectivity index (χ4v) is 2.91. The number of fused-ring (bicyclic) bond motifs is 1. The number of rotatable bonds is 0. The summed E-state index contributed by atoms with van der Waals surface area (Å²) in [5, 5.41) is 0. The van der Waals surface area contributed by atoms with Crippen molar-refractivity contribution in [1.29, 1.82) is 0 Å². The number of hydrogen-bond donors (Lipinski definition) is 0. The van der Waals surface area contributed by atoms with Crippen LogP contribution in [-0.4, -0.2) is 10.7 Å². The van der Waals surface area contributed by atoms with Crippen LogP contribution in [0.2, 0.25) is 0 Å². The first-order valence-electron chi connectivity index (χ1n) is 5.58. The molecule has 1 saturated carbocycles. The van der Waals surface area contributed by atoms with Crippen LogP contribution >= 0.6 is 11.6 Å². The molecule has 78 valence electrons. The lowest BCUT2D eigenvalue weighted by Gasteiger charge is -2.43. The summed E-state index contributed by atoms with van der Waals surface area (Å²) < 4.78 is 0. The Morgan fingerprint density at radius 3 is 2.86 bits per heavy atom. The van der Waals surface area contributed by atoms with Gasteiger partial charge in [0.05, 0.1) is 0 Å². The van der Waals surface area contributed by atoms with Gasteiger partial charge in [-0.15, -0.1) is 11.6 Å². The fourth-order valence-electron chi connectivity index (χ4n) is 2.58. The fraction of sp³-hybridized carbons (Fsp3) is 0.750. The van der Waals surface area contributed by atoms with E-state index < -0.39 is 4.87 Å². The minimum Gasteiger partial charge on any atom is -0.293 e. The number of hydrogen-bond acceptors (Lipinski definition) is 1. The SMILES string of the molecule is CC1(Cl)C(=O)/C2=C/CCCCCCC21. The maximum absolute atomic E-state index is 11.7. The molecule has 1 nitrogen and oxygen atoms in total. The van der Waals surface area contributed by atoms with E-state index in [-0.39, 0.29) is 5.78 Å². The summed E-state index contributed by atoms with van der Waals surface area (Å²) in [6, 6.07) is 0. The summed E-state index contributed by atoms with van der Waals surface area (Å²) in [7, 11) is 0. The first kappa shape index (κ1) is 10.2. The number of alkyl halides is 1. The zero-order valence-corrected chi connectivity index (χ0v) is 9.44. The lowest BCUT2D eigenvalue weighted by molar-refractivity contribution is -0.124. The van der Waals surface area contributed by atoms with Gasteiger partial charge in [0.25, 0.3) is 0 Å². The zero-order valence-electron chi connectivity index (χ0n) is 8.68. The third-order valence-corrected chi connectivity index (χ3v) is 3.98. The summed E-state index contributed by atoms with van der Waals surface area (Å²) in [5.74, 6) is 0.501. The Hall–Kier alpha value is -0.300. The smallest absolute Gasteiger partial charge is 0.180 e. The van der Waals surface area contributed by atoms with Crippen molar-refractivity contribution in [2.24, 2.45) is 5.92 Å². The Labute approximate surface area is 90.5 Å². The van der Waals surface area contributed by atoms with Crippen molar-refractivity contribution in [2.75, 3.05) is 0 Å². The van der Waals surface area contributed by atoms with Gasteiger partial charge in [0, 0.05) is 5.92 Å². The van der Waals surface area contributed by atoms with E-state index >= 15 is 0 Å². The first-order valence-corrected chi connectivity index (χ1v) is 5.95. The summed E-state index contributed by atoms with van der Waals surface area (Å²) in [6.07, 6.45) is 9.31. The number of halogens is 1. The number of carbonyl (C=O) groups excluding carboxylic acids is 1. The topological polar surface area (TPSA) is 17.1 Å². The van der Waals surface area contributed by atoms with Crippen molar-refractivity contribution in [1.82, 2.24) is 0 Å². The third kappa shape index (κ3) is 1.52. The van der Waals surface area contributed by atoms with Crippen LogP contribution in [-0.2, 0) is 4.79 Å². The molecular weight excluding hydrogens is 196 g/mol. The number of Topliss-reactive ketones (excluding diaryl/α,β-unsaturated/α-hetero) is 1. The van der Waals surface area contributed by atoms with Crippen molar-refractivity contribution < 1.29 is 4.79 Å². The van der Waals surface area contributed by atoms with Gasteiger partial charge >= 0.3 is 0 Å². The molecule has 0 radical (unpaired) electrons. The Bertz CT molecular complexity index is 278. The largest absolute Gasteiger partial charge is 0.293 e. The summed E-state index contributed by atoms with van der Waals surface area (Å²) in [5.41, 5.74) is 1.02. The molecule has 0 aromatic rings. The molecule has 2 rings (SSSR count). The van der Waals surface area contributed by atoms with Gasteiger partial charge in [0.2, 0.25) is 0 Å². The van der Waals surface area contributed by atoms with Crippen LogP contribution in [0.15, 0.2) is 11.6 Å². The molecule has 0 spiro atoms. The molecule has 0 aromatic heterocycles. The lowest BCUT2D eigenvalue weighted by Crippen LogP contribution is -2.52. The standard InChI is InChI=1S/C12H17ClO/c1-12(13)10-8-6-4-2-3-5-7-9(10)11(12)14/h7,10H,2-6,8H2,1H3/b9-7+. The molecule has 2 aliphatic rings. The molecule has 0 aliphatic heterocycles. The minimum atomic E-state index is -0.587. The predicted molar refractivity (Wildman–Crippen MR) is 58.5 cm³/mol. The van der Waals surface area contributed by atoms with Crippen LogP contribution in [0.5, 0.6) is 0 Å². The molecule has 2 heteroatoms. The zero-order chi connectivity index (χ0) is 10.2. The van der Waals surface area contributed by atoms with Crippen molar-refractivity contribution >= 4 is 17.4 Å². The van der Waals surface area contributed by atoms with Crippen LogP contribution < -0.4 is 0 Å². The van der Waals surface area contributed by atoms with E-state index in [9.17, 15) is 4.79 Å². The second-order valence-electron chi connectivity index (χ2n) is 4.61. The van der Waals surface area contributed by atoms with E-state index in [2.05, 4.69) is 6.08 Å². The molecule has 0 aromatic carbocycles. The van der Waals surface area contributed by atoms with Crippen LogP contribution in [0.4, 0.5) is 0 Å². The molecule has 0 heterocycles. The highest BCUT2D eigenvalue weighted by Crippen LogP contribution is 2.48. The third-order valence-electron chi connectivity index (χ3n) is 3.55. The maximum Gasteiger partial charge on any atom is 0.180 e. The quantitative estimate of drug-likeness (QED) is 0.562. The van der Waals surface area contributed by atoms with Crippen molar-refractivity contribution in [3.05, 3.63) is 11.6 Å². The average molecular weight is 213 g/mol. The Morgan fingerprint density at radius 2 is 2.07 bits per heavy atom. The van der Waals surface area contributed by atoms with Gasteiger partial charge in [-0.1, -0.05) is 25.3 Å². The van der Waals surface area contributed by atoms with Crippen LogP contribution in [0, 0.1) is 5.92 Å². The van der Waals surface area contributed by atoms with E-state index in [0.29, 0.717) is 5.92 Å².